The zero-order chi connectivity index (χ0) is 18.6. The van der Waals surface area contributed by atoms with Crippen LogP contribution in [0.1, 0.15) is 18.4 Å². The van der Waals surface area contributed by atoms with Gasteiger partial charge in [0.2, 0.25) is 0 Å². The number of fused-ring (bicyclic) bond motifs is 1. The molecule has 26 heavy (non-hydrogen) atoms. The molecule has 3 aromatic rings. The lowest BCUT2D eigenvalue weighted by Gasteiger charge is -2.12. The van der Waals surface area contributed by atoms with E-state index in [0.717, 1.165) is 12.8 Å². The third-order valence-electron chi connectivity index (χ3n) is 3.83. The van der Waals surface area contributed by atoms with Crippen LogP contribution < -0.4 is 10.5 Å². The number of unbranched alkanes of at least 4 members (excludes halogenated alkanes) is 1. The van der Waals surface area contributed by atoms with E-state index in [1.807, 2.05) is 4.57 Å². The van der Waals surface area contributed by atoms with E-state index < -0.39 is 7.60 Å². The summed E-state index contributed by atoms with van der Waals surface area (Å²) in [5, 5.41) is 0. The molecule has 0 saturated heterocycles. The third-order valence-corrected chi connectivity index (χ3v) is 4.58. The number of hydrogen-bond donors (Lipinski definition) is 3. The van der Waals surface area contributed by atoms with Gasteiger partial charge in [-0.15, -0.1) is 0 Å². The molecule has 10 heteroatoms. The van der Waals surface area contributed by atoms with Crippen molar-refractivity contribution in [2.75, 3.05) is 12.3 Å². The highest BCUT2D eigenvalue weighted by molar-refractivity contribution is 7.50. The topological polar surface area (TPSA) is 136 Å². The fourth-order valence-electron chi connectivity index (χ4n) is 2.63. The van der Waals surface area contributed by atoms with Gasteiger partial charge >= 0.3 is 7.60 Å². The van der Waals surface area contributed by atoms with Crippen molar-refractivity contribution in [1.82, 2.24) is 19.5 Å². The lowest BCUT2D eigenvalue weighted by molar-refractivity contribution is 0.300. The molecule has 1 aromatic carbocycles. The monoisotopic (exact) mass is 377 g/mol. The Morgan fingerprint density at radius 1 is 1.15 bits per heavy atom. The van der Waals surface area contributed by atoms with Crippen molar-refractivity contribution < 1.29 is 19.1 Å². The van der Waals surface area contributed by atoms with Crippen molar-refractivity contribution in [3.05, 3.63) is 42.5 Å². The van der Waals surface area contributed by atoms with E-state index in [2.05, 4.69) is 15.0 Å². The number of ether oxygens (including phenoxy) is 1. The smallest absolute Gasteiger partial charge is 0.330 e. The van der Waals surface area contributed by atoms with E-state index in [1.54, 1.807) is 30.6 Å². The van der Waals surface area contributed by atoms with E-state index >= 15 is 0 Å². The second-order valence-corrected chi connectivity index (χ2v) is 7.50. The summed E-state index contributed by atoms with van der Waals surface area (Å²) in [5.74, 6) is 0.864. The van der Waals surface area contributed by atoms with Crippen LogP contribution in [0.15, 0.2) is 36.9 Å². The summed E-state index contributed by atoms with van der Waals surface area (Å²) in [6.45, 7) is 1.16. The summed E-state index contributed by atoms with van der Waals surface area (Å²) in [7, 11) is -4.13. The number of nitrogen functional groups attached to an aromatic ring is 1. The number of benzene rings is 1. The van der Waals surface area contributed by atoms with Crippen molar-refractivity contribution in [2.45, 2.75) is 25.5 Å². The van der Waals surface area contributed by atoms with Crippen molar-refractivity contribution in [3.8, 4) is 5.75 Å². The Morgan fingerprint density at radius 3 is 2.77 bits per heavy atom. The first-order chi connectivity index (χ1) is 12.4. The average Bonchev–Trinajstić information content (AvgIpc) is 2.99. The molecule has 0 bridgehead atoms. The fraction of sp³-hybridized carbons (Fsp3) is 0.312. The first-order valence-corrected chi connectivity index (χ1v) is 9.90. The SMILES string of the molecule is Nc1ncnc2c1ncn2CCCCOc1ccccc1CP(=O)(O)O. The zero-order valence-corrected chi connectivity index (χ0v) is 14.9. The van der Waals surface area contributed by atoms with Gasteiger partial charge in [-0.1, -0.05) is 18.2 Å². The molecule has 4 N–H and O–H groups in total. The Bertz CT molecular complexity index is 939. The van der Waals surface area contributed by atoms with Gasteiger partial charge in [0.1, 0.15) is 17.6 Å². The summed E-state index contributed by atoms with van der Waals surface area (Å²) >= 11 is 0. The van der Waals surface area contributed by atoms with E-state index in [4.69, 9.17) is 20.3 Å². The van der Waals surface area contributed by atoms with E-state index in [1.165, 1.54) is 6.33 Å². The minimum Gasteiger partial charge on any atom is -0.493 e. The van der Waals surface area contributed by atoms with Crippen LogP contribution in [-0.4, -0.2) is 35.9 Å². The number of nitrogens with two attached hydrogens (primary N) is 1. The molecule has 0 saturated carbocycles. The van der Waals surface area contributed by atoms with Crippen molar-refractivity contribution >= 4 is 24.6 Å². The molecule has 0 radical (unpaired) electrons. The number of para-hydroxylation sites is 1. The largest absolute Gasteiger partial charge is 0.493 e. The third kappa shape index (κ3) is 4.57. The number of aryl methyl sites for hydroxylation is 1. The van der Waals surface area contributed by atoms with E-state index in [0.29, 0.717) is 41.4 Å². The number of aromatic nitrogens is 4. The summed E-state index contributed by atoms with van der Waals surface area (Å²) in [6, 6.07) is 6.89. The predicted octanol–water partition coefficient (Wildman–Crippen LogP) is 1.95. The van der Waals surface area contributed by atoms with Crippen molar-refractivity contribution in [1.29, 1.82) is 0 Å². The Kier molecular flexibility index (Phi) is 5.51. The van der Waals surface area contributed by atoms with E-state index in [-0.39, 0.29) is 6.16 Å². The maximum Gasteiger partial charge on any atom is 0.330 e. The molecular weight excluding hydrogens is 357 g/mol. The molecule has 3 rings (SSSR count). The average molecular weight is 377 g/mol. The van der Waals surface area contributed by atoms with Gasteiger partial charge in [-0.25, -0.2) is 15.0 Å². The normalized spacial score (nSPS) is 11.8. The number of rotatable bonds is 8. The van der Waals surface area contributed by atoms with Crippen molar-refractivity contribution in [3.63, 3.8) is 0 Å². The second kappa shape index (κ2) is 7.82. The quantitative estimate of drug-likeness (QED) is 0.400. The minimum atomic E-state index is -4.13. The number of imidazole rings is 1. The Labute approximate surface area is 150 Å². The van der Waals surface area contributed by atoms with Crippen molar-refractivity contribution in [2.24, 2.45) is 0 Å². The molecule has 0 unspecified atom stereocenters. The fourth-order valence-corrected chi connectivity index (χ4v) is 3.33. The molecule has 2 aromatic heterocycles. The van der Waals surface area contributed by atoms with Crippen LogP contribution in [0.3, 0.4) is 0 Å². The summed E-state index contributed by atoms with van der Waals surface area (Å²) in [4.78, 5) is 30.6. The molecule has 0 fully saturated rings. The van der Waals surface area contributed by atoms with Crippen LogP contribution in [0, 0.1) is 0 Å². The molecule has 0 atom stereocenters. The molecule has 0 aliphatic heterocycles. The zero-order valence-electron chi connectivity index (χ0n) is 14.0. The van der Waals surface area contributed by atoms with Gasteiger partial charge in [-0.05, 0) is 18.9 Å². The number of nitrogens with zero attached hydrogens (tertiary/aromatic N) is 4. The first-order valence-electron chi connectivity index (χ1n) is 8.10. The maximum atomic E-state index is 11.2. The standard InChI is InChI=1S/C16H20N5O4P/c17-15-14-16(19-10-18-15)21(11-20-14)7-3-4-8-25-13-6-2-1-5-12(13)9-26(22,23)24/h1-2,5-6,10-11H,3-4,7-9H2,(H2,17,18,19)(H2,22,23,24). The highest BCUT2D eigenvalue weighted by atomic mass is 31.2. The molecule has 0 amide bonds. The molecule has 0 aliphatic carbocycles. The second-order valence-electron chi connectivity index (χ2n) is 5.86. The number of hydrogen-bond acceptors (Lipinski definition) is 6. The lowest BCUT2D eigenvalue weighted by atomic mass is 10.2. The Morgan fingerprint density at radius 2 is 1.96 bits per heavy atom. The molecule has 2 heterocycles. The molecule has 0 spiro atoms. The number of anilines is 1. The molecular formula is C16H20N5O4P. The van der Waals surface area contributed by atoms with Gasteiger partial charge in [0.15, 0.2) is 11.5 Å². The summed E-state index contributed by atoms with van der Waals surface area (Å²) in [5.41, 5.74) is 7.57. The first kappa shape index (κ1) is 18.3. The summed E-state index contributed by atoms with van der Waals surface area (Å²) < 4.78 is 18.8. The highest BCUT2D eigenvalue weighted by Gasteiger charge is 2.17. The Hall–Kier alpha value is -2.48. The predicted molar refractivity (Wildman–Crippen MR) is 96.7 cm³/mol. The van der Waals surface area contributed by atoms with Gasteiger partial charge in [-0.3, -0.25) is 4.57 Å². The van der Waals surface area contributed by atoms with Gasteiger partial charge in [-0.2, -0.15) is 0 Å². The molecule has 138 valence electrons. The van der Waals surface area contributed by atoms with Gasteiger partial charge in [0, 0.05) is 12.1 Å². The van der Waals surface area contributed by atoms with Crippen LogP contribution in [0.2, 0.25) is 0 Å². The van der Waals surface area contributed by atoms with Gasteiger partial charge in [0.25, 0.3) is 0 Å². The highest BCUT2D eigenvalue weighted by Crippen LogP contribution is 2.41. The van der Waals surface area contributed by atoms with Crippen LogP contribution in [-0.2, 0) is 17.3 Å². The minimum absolute atomic E-state index is 0.328. The lowest BCUT2D eigenvalue weighted by Crippen LogP contribution is -2.04. The Balaban J connectivity index is 1.52. The van der Waals surface area contributed by atoms with Crippen LogP contribution in [0.25, 0.3) is 11.2 Å². The van der Waals surface area contributed by atoms with Crippen LogP contribution in [0.5, 0.6) is 5.75 Å². The van der Waals surface area contributed by atoms with E-state index in [9.17, 15) is 4.57 Å². The molecule has 0 aliphatic rings. The van der Waals surface area contributed by atoms with Crippen LogP contribution >= 0.6 is 7.60 Å². The van der Waals surface area contributed by atoms with Gasteiger partial charge in [0.05, 0.1) is 19.1 Å². The van der Waals surface area contributed by atoms with Crippen LogP contribution in [0.4, 0.5) is 5.82 Å². The maximum absolute atomic E-state index is 11.2. The van der Waals surface area contributed by atoms with Gasteiger partial charge < -0.3 is 24.8 Å². The molecule has 9 nitrogen and oxygen atoms in total. The summed E-state index contributed by atoms with van der Waals surface area (Å²) in [6.07, 6.45) is 4.37.